The molecule has 3 aromatic rings. The van der Waals surface area contributed by atoms with E-state index in [-0.39, 0.29) is 0 Å². The maximum atomic E-state index is 8.97. The van der Waals surface area contributed by atoms with Crippen LogP contribution in [0.2, 0.25) is 0 Å². The summed E-state index contributed by atoms with van der Waals surface area (Å²) in [4.78, 5) is 0. The number of hydrogen-bond donors (Lipinski definition) is 0. The Labute approximate surface area is 150 Å². The van der Waals surface area contributed by atoms with Crippen molar-refractivity contribution in [2.75, 3.05) is 0 Å². The van der Waals surface area contributed by atoms with Crippen molar-refractivity contribution < 1.29 is 0 Å². The molecule has 0 radical (unpaired) electrons. The van der Waals surface area contributed by atoms with Crippen molar-refractivity contribution in [3.05, 3.63) is 95.1 Å². The largest absolute Gasteiger partial charge is 0.192 e. The number of aryl methyl sites for hydroxylation is 3. The lowest BCUT2D eigenvalue weighted by Gasteiger charge is -2.10. The van der Waals surface area contributed by atoms with Gasteiger partial charge in [0.15, 0.2) is 0 Å². The molecule has 0 aliphatic rings. The Morgan fingerprint density at radius 1 is 0.720 bits per heavy atom. The van der Waals surface area contributed by atoms with Crippen LogP contribution < -0.4 is 0 Å². The van der Waals surface area contributed by atoms with Gasteiger partial charge in [0.2, 0.25) is 0 Å². The first-order valence-electron chi connectivity index (χ1n) is 8.96. The Morgan fingerprint density at radius 3 is 2.00 bits per heavy atom. The van der Waals surface area contributed by atoms with Crippen molar-refractivity contribution in [2.24, 2.45) is 0 Å². The normalized spacial score (nSPS) is 10.4. The molecule has 1 nitrogen and oxygen atoms in total. The van der Waals surface area contributed by atoms with E-state index in [2.05, 4.69) is 61.5 Å². The first-order valence-corrected chi connectivity index (χ1v) is 8.96. The van der Waals surface area contributed by atoms with E-state index in [0.29, 0.717) is 5.56 Å². The van der Waals surface area contributed by atoms with Gasteiger partial charge in [-0.15, -0.1) is 0 Å². The molecule has 0 fully saturated rings. The monoisotopic (exact) mass is 325 g/mol. The predicted octanol–water partition coefficient (Wildman–Crippen LogP) is 5.96. The fourth-order valence-corrected chi connectivity index (χ4v) is 3.18. The Balaban J connectivity index is 1.75. The number of nitriles is 1. The summed E-state index contributed by atoms with van der Waals surface area (Å²) in [7, 11) is 0. The van der Waals surface area contributed by atoms with Crippen LogP contribution in [-0.2, 0) is 19.3 Å². The minimum Gasteiger partial charge on any atom is -0.192 e. The van der Waals surface area contributed by atoms with Gasteiger partial charge in [-0.1, -0.05) is 74.0 Å². The van der Waals surface area contributed by atoms with Gasteiger partial charge in [-0.25, -0.2) is 0 Å². The lowest BCUT2D eigenvalue weighted by molar-refractivity contribution is 0.914. The lowest BCUT2D eigenvalue weighted by atomic mass is 9.94. The first-order chi connectivity index (χ1) is 12.3. The van der Waals surface area contributed by atoms with Gasteiger partial charge in [-0.3, -0.25) is 0 Å². The van der Waals surface area contributed by atoms with Crippen LogP contribution in [0.3, 0.4) is 0 Å². The summed E-state index contributed by atoms with van der Waals surface area (Å²) in [6, 6.07) is 27.6. The van der Waals surface area contributed by atoms with E-state index in [1.54, 1.807) is 0 Å². The molecule has 0 bridgehead atoms. The molecule has 0 aromatic heterocycles. The van der Waals surface area contributed by atoms with Crippen molar-refractivity contribution in [1.82, 2.24) is 0 Å². The van der Waals surface area contributed by atoms with Gasteiger partial charge in [-0.2, -0.15) is 5.26 Å². The topological polar surface area (TPSA) is 23.8 Å². The summed E-state index contributed by atoms with van der Waals surface area (Å²) in [6.07, 6.45) is 4.40. The lowest BCUT2D eigenvalue weighted by Crippen LogP contribution is -1.95. The van der Waals surface area contributed by atoms with Gasteiger partial charge in [0.05, 0.1) is 11.6 Å². The quantitative estimate of drug-likeness (QED) is 0.548. The molecule has 25 heavy (non-hydrogen) atoms. The molecule has 0 saturated carbocycles. The molecular weight excluding hydrogens is 302 g/mol. The van der Waals surface area contributed by atoms with Crippen LogP contribution in [0.5, 0.6) is 0 Å². The van der Waals surface area contributed by atoms with Crippen LogP contribution in [0.25, 0.3) is 11.1 Å². The van der Waals surface area contributed by atoms with Gasteiger partial charge in [0.25, 0.3) is 0 Å². The fourth-order valence-electron chi connectivity index (χ4n) is 3.18. The zero-order chi connectivity index (χ0) is 17.5. The second-order valence-corrected chi connectivity index (χ2v) is 6.41. The highest BCUT2D eigenvalue weighted by molar-refractivity contribution is 5.68. The highest BCUT2D eigenvalue weighted by Gasteiger charge is 2.05. The Kier molecular flexibility index (Phi) is 5.65. The average Bonchev–Trinajstić information content (AvgIpc) is 2.68. The van der Waals surface area contributed by atoms with Crippen molar-refractivity contribution >= 4 is 0 Å². The zero-order valence-corrected chi connectivity index (χ0v) is 14.7. The van der Waals surface area contributed by atoms with E-state index in [1.807, 2.05) is 24.3 Å². The summed E-state index contributed by atoms with van der Waals surface area (Å²) in [5.41, 5.74) is 7.29. The number of hydrogen-bond acceptors (Lipinski definition) is 1. The third-order valence-corrected chi connectivity index (χ3v) is 4.59. The molecule has 0 heterocycles. The summed E-state index contributed by atoms with van der Waals surface area (Å²) >= 11 is 0. The Bertz CT molecular complexity index is 852. The van der Waals surface area contributed by atoms with Crippen molar-refractivity contribution in [1.29, 1.82) is 5.26 Å². The van der Waals surface area contributed by atoms with E-state index in [4.69, 9.17) is 5.26 Å². The predicted molar refractivity (Wildman–Crippen MR) is 104 cm³/mol. The number of rotatable bonds is 6. The SMILES string of the molecule is CCCc1ccc(CCc2ccccc2-c2ccc(C#N)cc2)cc1. The van der Waals surface area contributed by atoms with Gasteiger partial charge in [0, 0.05) is 0 Å². The van der Waals surface area contributed by atoms with Gasteiger partial charge in [-0.05, 0) is 59.2 Å². The second kappa shape index (κ2) is 8.31. The third kappa shape index (κ3) is 4.37. The van der Waals surface area contributed by atoms with Crippen LogP contribution in [0.1, 0.15) is 35.6 Å². The van der Waals surface area contributed by atoms with E-state index >= 15 is 0 Å². The summed E-state index contributed by atoms with van der Waals surface area (Å²) in [5.74, 6) is 0. The maximum Gasteiger partial charge on any atom is 0.0991 e. The van der Waals surface area contributed by atoms with Crippen LogP contribution >= 0.6 is 0 Å². The molecule has 0 aliphatic carbocycles. The van der Waals surface area contributed by atoms with Gasteiger partial charge >= 0.3 is 0 Å². The van der Waals surface area contributed by atoms with E-state index in [0.717, 1.165) is 19.3 Å². The highest BCUT2D eigenvalue weighted by atomic mass is 14.2. The molecule has 0 aliphatic heterocycles. The molecule has 0 atom stereocenters. The van der Waals surface area contributed by atoms with Crippen molar-refractivity contribution in [2.45, 2.75) is 32.6 Å². The summed E-state index contributed by atoms with van der Waals surface area (Å²) in [5, 5.41) is 8.97. The number of nitrogens with zero attached hydrogens (tertiary/aromatic N) is 1. The molecule has 0 spiro atoms. The minimum atomic E-state index is 0.702. The maximum absolute atomic E-state index is 8.97. The first kappa shape index (κ1) is 17.0. The molecule has 0 amide bonds. The van der Waals surface area contributed by atoms with Crippen LogP contribution in [-0.4, -0.2) is 0 Å². The summed E-state index contributed by atoms with van der Waals surface area (Å²) < 4.78 is 0. The van der Waals surface area contributed by atoms with Gasteiger partial charge < -0.3 is 0 Å². The van der Waals surface area contributed by atoms with Gasteiger partial charge in [0.1, 0.15) is 0 Å². The second-order valence-electron chi connectivity index (χ2n) is 6.41. The zero-order valence-electron chi connectivity index (χ0n) is 14.7. The molecule has 0 N–H and O–H groups in total. The Morgan fingerprint density at radius 2 is 1.36 bits per heavy atom. The van der Waals surface area contributed by atoms with Crippen LogP contribution in [0.15, 0.2) is 72.8 Å². The van der Waals surface area contributed by atoms with E-state index in [9.17, 15) is 0 Å². The van der Waals surface area contributed by atoms with E-state index in [1.165, 1.54) is 34.2 Å². The molecule has 3 aromatic carbocycles. The smallest absolute Gasteiger partial charge is 0.0991 e. The molecule has 124 valence electrons. The molecule has 0 saturated heterocycles. The summed E-state index contributed by atoms with van der Waals surface area (Å²) in [6.45, 7) is 2.22. The fraction of sp³-hybridized carbons (Fsp3) is 0.208. The Hall–Kier alpha value is -2.85. The van der Waals surface area contributed by atoms with Crippen molar-refractivity contribution in [3.8, 4) is 17.2 Å². The third-order valence-electron chi connectivity index (χ3n) is 4.59. The van der Waals surface area contributed by atoms with Crippen molar-refractivity contribution in [3.63, 3.8) is 0 Å². The minimum absolute atomic E-state index is 0.702. The van der Waals surface area contributed by atoms with Crippen LogP contribution in [0, 0.1) is 11.3 Å². The molecule has 3 rings (SSSR count). The van der Waals surface area contributed by atoms with E-state index < -0.39 is 0 Å². The average molecular weight is 325 g/mol. The molecule has 1 heteroatoms. The number of benzene rings is 3. The van der Waals surface area contributed by atoms with Crippen LogP contribution in [0.4, 0.5) is 0 Å². The molecule has 0 unspecified atom stereocenters. The molecular formula is C24H23N. The highest BCUT2D eigenvalue weighted by Crippen LogP contribution is 2.25. The standard InChI is InChI=1S/C24H23N/c1-2-5-19-8-10-20(11-9-19)12-15-22-6-3-4-7-24(22)23-16-13-21(18-25)14-17-23/h3-4,6-11,13-14,16-17H,2,5,12,15H2,1H3.